The van der Waals surface area contributed by atoms with Crippen molar-refractivity contribution in [2.24, 2.45) is 0 Å². The molecule has 0 heterocycles. The second-order valence-corrected chi connectivity index (χ2v) is 10.1. The van der Waals surface area contributed by atoms with E-state index in [1.165, 1.54) is 72.0 Å². The normalized spacial score (nSPS) is 13.9. The van der Waals surface area contributed by atoms with Gasteiger partial charge < -0.3 is 0 Å². The molecule has 0 heteroatoms. The predicted molar refractivity (Wildman–Crippen MR) is 150 cm³/mol. The van der Waals surface area contributed by atoms with Gasteiger partial charge in [-0.2, -0.15) is 0 Å². The van der Waals surface area contributed by atoms with Gasteiger partial charge in [0, 0.05) is 0 Å². The summed E-state index contributed by atoms with van der Waals surface area (Å²) in [5, 5.41) is 2.60. The monoisotopic (exact) mass is 456 g/mol. The molecule has 0 aromatic heterocycles. The lowest BCUT2D eigenvalue weighted by Gasteiger charge is -2.30. The molecule has 0 radical (unpaired) electrons. The highest BCUT2D eigenvalue weighted by Gasteiger charge is 2.51. The molecule has 0 aliphatic heterocycles. The summed E-state index contributed by atoms with van der Waals surface area (Å²) < 4.78 is 0. The predicted octanol–water partition coefficient (Wildman–Crippen LogP) is 9.16. The van der Waals surface area contributed by atoms with Crippen LogP contribution in [0.2, 0.25) is 0 Å². The van der Waals surface area contributed by atoms with Gasteiger partial charge in [0.25, 0.3) is 0 Å². The number of fused-ring (bicyclic) bond motifs is 11. The first-order chi connectivity index (χ1) is 17.8. The number of benzene rings is 6. The molecule has 0 N–H and O–H groups in total. The van der Waals surface area contributed by atoms with E-state index in [9.17, 15) is 0 Å². The molecule has 0 saturated carbocycles. The maximum absolute atomic E-state index is 2.37. The maximum Gasteiger partial charge on any atom is 0.0725 e. The van der Waals surface area contributed by atoms with Crippen LogP contribution in [0.5, 0.6) is 0 Å². The molecular formula is C36H24. The zero-order chi connectivity index (χ0) is 23.9. The van der Waals surface area contributed by atoms with Gasteiger partial charge in [-0.3, -0.25) is 0 Å². The average molecular weight is 457 g/mol. The van der Waals surface area contributed by atoms with Crippen molar-refractivity contribution < 1.29 is 0 Å². The van der Waals surface area contributed by atoms with Crippen LogP contribution in [0.3, 0.4) is 0 Å². The van der Waals surface area contributed by atoms with Crippen LogP contribution in [0.15, 0.2) is 127 Å². The number of rotatable bonds is 1. The van der Waals surface area contributed by atoms with Crippen LogP contribution in [0.4, 0.5) is 0 Å². The fourth-order valence-corrected chi connectivity index (χ4v) is 7.09. The van der Waals surface area contributed by atoms with Crippen molar-refractivity contribution in [1.82, 2.24) is 0 Å². The van der Waals surface area contributed by atoms with Crippen molar-refractivity contribution in [3.8, 4) is 33.4 Å². The van der Waals surface area contributed by atoms with Crippen LogP contribution in [0.1, 0.15) is 27.8 Å². The quantitative estimate of drug-likeness (QED) is 0.231. The Balaban J connectivity index is 1.56. The van der Waals surface area contributed by atoms with Gasteiger partial charge in [0.15, 0.2) is 0 Å². The van der Waals surface area contributed by atoms with E-state index < -0.39 is 0 Å². The Morgan fingerprint density at radius 1 is 0.389 bits per heavy atom. The molecule has 0 saturated heterocycles. The molecule has 0 fully saturated rings. The van der Waals surface area contributed by atoms with Gasteiger partial charge in [0.05, 0.1) is 5.41 Å². The minimum absolute atomic E-state index is 0.298. The van der Waals surface area contributed by atoms with Crippen LogP contribution < -0.4 is 0 Å². The van der Waals surface area contributed by atoms with Crippen LogP contribution in [-0.2, 0) is 5.41 Å². The standard InChI is InChI=1S/C36H24/c1-23-21-22-24-11-2-3-12-25(24)34(23)29-16-10-20-33-35(29)28-15-6-9-19-32(28)36(33)30-17-7-4-13-26(30)27-14-5-8-18-31(27)36/h2-22H,1H3. The van der Waals surface area contributed by atoms with E-state index in [1.807, 2.05) is 0 Å². The van der Waals surface area contributed by atoms with E-state index in [1.54, 1.807) is 0 Å². The Morgan fingerprint density at radius 2 is 0.917 bits per heavy atom. The SMILES string of the molecule is Cc1ccc2ccccc2c1-c1cccc2c1-c1ccccc1C21c2ccccc2-c2ccccc21. The maximum atomic E-state index is 2.37. The second-order valence-electron chi connectivity index (χ2n) is 10.1. The summed E-state index contributed by atoms with van der Waals surface area (Å²) in [4.78, 5) is 0. The Hall–Kier alpha value is -4.42. The van der Waals surface area contributed by atoms with E-state index in [-0.39, 0.29) is 5.41 Å². The fourth-order valence-electron chi connectivity index (χ4n) is 7.09. The van der Waals surface area contributed by atoms with Crippen molar-refractivity contribution in [2.75, 3.05) is 0 Å². The average Bonchev–Trinajstić information content (AvgIpc) is 3.41. The van der Waals surface area contributed by atoms with E-state index in [4.69, 9.17) is 0 Å². The molecule has 0 unspecified atom stereocenters. The van der Waals surface area contributed by atoms with Crippen LogP contribution in [-0.4, -0.2) is 0 Å². The Labute approximate surface area is 211 Å². The highest BCUT2D eigenvalue weighted by molar-refractivity contribution is 6.06. The van der Waals surface area contributed by atoms with Gasteiger partial charge in [0.2, 0.25) is 0 Å². The Bertz CT molecular complexity index is 1810. The lowest BCUT2D eigenvalue weighted by atomic mass is 9.70. The second kappa shape index (κ2) is 7.06. The molecule has 0 bridgehead atoms. The number of hydrogen-bond donors (Lipinski definition) is 0. The summed E-state index contributed by atoms with van der Waals surface area (Å²) in [5.74, 6) is 0. The van der Waals surface area contributed by atoms with Gasteiger partial charge in [-0.15, -0.1) is 0 Å². The molecule has 0 atom stereocenters. The molecule has 36 heavy (non-hydrogen) atoms. The highest BCUT2D eigenvalue weighted by atomic mass is 14.5. The third-order valence-corrected chi connectivity index (χ3v) is 8.43. The molecule has 0 nitrogen and oxygen atoms in total. The van der Waals surface area contributed by atoms with Gasteiger partial charge >= 0.3 is 0 Å². The van der Waals surface area contributed by atoms with Gasteiger partial charge in [0.1, 0.15) is 0 Å². The lowest BCUT2D eigenvalue weighted by Crippen LogP contribution is -2.25. The summed E-state index contributed by atoms with van der Waals surface area (Å²) in [6, 6.07) is 47.4. The van der Waals surface area contributed by atoms with Crippen LogP contribution in [0, 0.1) is 6.92 Å². The Kier molecular flexibility index (Phi) is 3.89. The molecule has 2 aliphatic carbocycles. The third kappa shape index (κ3) is 2.30. The van der Waals surface area contributed by atoms with Crippen molar-refractivity contribution in [2.45, 2.75) is 12.3 Å². The first kappa shape index (κ1) is 19.8. The summed E-state index contributed by atoms with van der Waals surface area (Å²) >= 11 is 0. The third-order valence-electron chi connectivity index (χ3n) is 8.43. The highest BCUT2D eigenvalue weighted by Crippen LogP contribution is 2.64. The topological polar surface area (TPSA) is 0 Å². The first-order valence-corrected chi connectivity index (χ1v) is 12.7. The summed E-state index contributed by atoms with van der Waals surface area (Å²) in [5.41, 5.74) is 14.7. The smallest absolute Gasteiger partial charge is 0.0619 e. The van der Waals surface area contributed by atoms with Crippen molar-refractivity contribution in [3.63, 3.8) is 0 Å². The molecule has 8 rings (SSSR count). The largest absolute Gasteiger partial charge is 0.0725 e. The Morgan fingerprint density at radius 3 is 1.64 bits per heavy atom. The van der Waals surface area contributed by atoms with E-state index in [2.05, 4.69) is 134 Å². The number of aryl methyl sites for hydroxylation is 1. The van der Waals surface area contributed by atoms with E-state index in [0.717, 1.165) is 0 Å². The van der Waals surface area contributed by atoms with E-state index >= 15 is 0 Å². The molecule has 6 aromatic rings. The zero-order valence-electron chi connectivity index (χ0n) is 20.1. The van der Waals surface area contributed by atoms with E-state index in [0.29, 0.717) is 0 Å². The van der Waals surface area contributed by atoms with Gasteiger partial charge in [-0.1, -0.05) is 127 Å². The van der Waals surface area contributed by atoms with Crippen molar-refractivity contribution in [3.05, 3.63) is 155 Å². The fraction of sp³-hybridized carbons (Fsp3) is 0.0556. The van der Waals surface area contributed by atoms with Crippen LogP contribution in [0.25, 0.3) is 44.2 Å². The molecule has 1 spiro atoms. The van der Waals surface area contributed by atoms with Crippen molar-refractivity contribution in [1.29, 1.82) is 0 Å². The minimum atomic E-state index is -0.298. The number of hydrogen-bond acceptors (Lipinski definition) is 0. The first-order valence-electron chi connectivity index (χ1n) is 12.7. The molecule has 0 amide bonds. The zero-order valence-corrected chi connectivity index (χ0v) is 20.1. The molecule has 2 aliphatic rings. The molecule has 168 valence electrons. The van der Waals surface area contributed by atoms with Crippen molar-refractivity contribution >= 4 is 10.8 Å². The van der Waals surface area contributed by atoms with Gasteiger partial charge in [-0.25, -0.2) is 0 Å². The summed E-state index contributed by atoms with van der Waals surface area (Å²) in [7, 11) is 0. The lowest BCUT2D eigenvalue weighted by molar-refractivity contribution is 0.794. The minimum Gasteiger partial charge on any atom is -0.0619 e. The summed E-state index contributed by atoms with van der Waals surface area (Å²) in [6.45, 7) is 2.25. The molecule has 6 aromatic carbocycles. The summed E-state index contributed by atoms with van der Waals surface area (Å²) in [6.07, 6.45) is 0. The van der Waals surface area contributed by atoms with Gasteiger partial charge in [-0.05, 0) is 78.9 Å². The molecular weight excluding hydrogens is 432 g/mol. The van der Waals surface area contributed by atoms with Crippen LogP contribution >= 0.6 is 0 Å².